The van der Waals surface area contributed by atoms with E-state index in [4.69, 9.17) is 9.47 Å². The number of rotatable bonds is 50. The minimum Gasteiger partial charge on any atom is -0.462 e. The van der Waals surface area contributed by atoms with Crippen LogP contribution in [0.3, 0.4) is 0 Å². The van der Waals surface area contributed by atoms with Gasteiger partial charge in [0.2, 0.25) is 0 Å². The first-order chi connectivity index (χ1) is 29.1. The Balaban J connectivity index is 3.34. The van der Waals surface area contributed by atoms with Crippen molar-refractivity contribution < 1.29 is 24.2 Å². The largest absolute Gasteiger partial charge is 0.462 e. The van der Waals surface area contributed by atoms with Crippen molar-refractivity contribution in [2.45, 2.75) is 309 Å². The Kier molecular flexibility index (Phi) is 49.8. The molecule has 0 aliphatic carbocycles. The van der Waals surface area contributed by atoms with Gasteiger partial charge in [-0.25, -0.2) is 0 Å². The molecule has 0 radical (unpaired) electrons. The lowest BCUT2D eigenvalue weighted by atomic mass is 10.0. The summed E-state index contributed by atoms with van der Waals surface area (Å²) in [7, 11) is 0. The lowest BCUT2D eigenvalue weighted by molar-refractivity contribution is -0.161. The van der Waals surface area contributed by atoms with Crippen LogP contribution in [-0.4, -0.2) is 36.4 Å². The van der Waals surface area contributed by atoms with Crippen LogP contribution in [0.5, 0.6) is 0 Å². The second kappa shape index (κ2) is 51.0. The van der Waals surface area contributed by atoms with Crippen LogP contribution >= 0.6 is 0 Å². The molecule has 0 aliphatic heterocycles. The number of hydrogen-bond acceptors (Lipinski definition) is 5. The molecule has 0 spiro atoms. The van der Waals surface area contributed by atoms with Gasteiger partial charge < -0.3 is 14.6 Å². The van der Waals surface area contributed by atoms with Crippen LogP contribution in [0.2, 0.25) is 0 Å². The van der Waals surface area contributed by atoms with E-state index >= 15 is 0 Å². The van der Waals surface area contributed by atoms with Gasteiger partial charge in [-0.1, -0.05) is 264 Å². The van der Waals surface area contributed by atoms with Crippen LogP contribution in [0.4, 0.5) is 0 Å². The van der Waals surface area contributed by atoms with Crippen molar-refractivity contribution in [3.8, 4) is 0 Å². The second-order valence-electron chi connectivity index (χ2n) is 18.3. The van der Waals surface area contributed by atoms with Gasteiger partial charge in [0.15, 0.2) is 6.10 Å². The number of allylic oxidation sites excluding steroid dienone is 2. The van der Waals surface area contributed by atoms with Crippen LogP contribution in [-0.2, 0) is 19.1 Å². The molecule has 0 aliphatic rings. The number of carbonyl (C=O) groups excluding carboxylic acids is 2. The third kappa shape index (κ3) is 49.2. The third-order valence-corrected chi connectivity index (χ3v) is 12.3. The molecule has 0 aromatic heterocycles. The van der Waals surface area contributed by atoms with Crippen LogP contribution < -0.4 is 0 Å². The molecule has 59 heavy (non-hydrogen) atoms. The van der Waals surface area contributed by atoms with Crippen LogP contribution in [0.15, 0.2) is 12.2 Å². The van der Waals surface area contributed by atoms with E-state index in [2.05, 4.69) is 26.0 Å². The van der Waals surface area contributed by atoms with Gasteiger partial charge in [0, 0.05) is 12.8 Å². The molecule has 5 heteroatoms. The molecule has 0 aromatic carbocycles. The highest BCUT2D eigenvalue weighted by atomic mass is 16.6. The van der Waals surface area contributed by atoms with Crippen LogP contribution in [0.1, 0.15) is 303 Å². The molecule has 5 nitrogen and oxygen atoms in total. The fourth-order valence-corrected chi connectivity index (χ4v) is 8.26. The summed E-state index contributed by atoms with van der Waals surface area (Å²) >= 11 is 0. The van der Waals surface area contributed by atoms with E-state index < -0.39 is 6.10 Å². The molecule has 0 saturated heterocycles. The Labute approximate surface area is 369 Å². The maximum absolute atomic E-state index is 12.2. The lowest BCUT2D eigenvalue weighted by Gasteiger charge is -2.15. The van der Waals surface area contributed by atoms with Crippen molar-refractivity contribution in [1.29, 1.82) is 0 Å². The quantitative estimate of drug-likeness (QED) is 0.0375. The molecule has 1 unspecified atom stereocenters. The zero-order valence-corrected chi connectivity index (χ0v) is 40.0. The highest BCUT2D eigenvalue weighted by Gasteiger charge is 2.16. The molecule has 1 N–H and O–H groups in total. The predicted molar refractivity (Wildman–Crippen MR) is 256 cm³/mol. The van der Waals surface area contributed by atoms with Gasteiger partial charge in [0.05, 0.1) is 6.61 Å². The van der Waals surface area contributed by atoms with Gasteiger partial charge in [-0.05, 0) is 38.5 Å². The number of ether oxygens (including phenoxy) is 2. The monoisotopic (exact) mass is 833 g/mol. The van der Waals surface area contributed by atoms with Gasteiger partial charge >= 0.3 is 11.9 Å². The van der Waals surface area contributed by atoms with Gasteiger partial charge in [0.1, 0.15) is 6.61 Å². The maximum atomic E-state index is 12.2. The van der Waals surface area contributed by atoms with E-state index in [1.165, 1.54) is 238 Å². The molecule has 350 valence electrons. The number of aliphatic hydroxyl groups is 1. The van der Waals surface area contributed by atoms with Gasteiger partial charge in [0.25, 0.3) is 0 Å². The summed E-state index contributed by atoms with van der Waals surface area (Å²) in [4.78, 5) is 24.3. The molecule has 0 amide bonds. The predicted octanol–water partition coefficient (Wildman–Crippen LogP) is 17.6. The second-order valence-corrected chi connectivity index (χ2v) is 18.3. The van der Waals surface area contributed by atoms with Crippen molar-refractivity contribution in [1.82, 2.24) is 0 Å². The Hall–Kier alpha value is -1.36. The van der Waals surface area contributed by atoms with Gasteiger partial charge in [-0.3, -0.25) is 9.59 Å². The number of aliphatic hydroxyl groups excluding tert-OH is 1. The lowest BCUT2D eigenvalue weighted by Crippen LogP contribution is -2.28. The maximum Gasteiger partial charge on any atom is 0.306 e. The smallest absolute Gasteiger partial charge is 0.306 e. The van der Waals surface area contributed by atoms with Gasteiger partial charge in [-0.15, -0.1) is 0 Å². The van der Waals surface area contributed by atoms with Gasteiger partial charge in [-0.2, -0.15) is 0 Å². The summed E-state index contributed by atoms with van der Waals surface area (Å²) in [6.07, 6.45) is 62.1. The van der Waals surface area contributed by atoms with E-state index in [1.807, 2.05) is 0 Å². The molecular weight excluding hydrogens is 729 g/mol. The van der Waals surface area contributed by atoms with E-state index in [-0.39, 0.29) is 25.2 Å². The Morgan fingerprint density at radius 3 is 0.915 bits per heavy atom. The summed E-state index contributed by atoms with van der Waals surface area (Å²) in [5.41, 5.74) is 0. The normalized spacial score (nSPS) is 12.1. The fraction of sp³-hybridized carbons (Fsp3) is 0.926. The number of esters is 2. The first-order valence-electron chi connectivity index (χ1n) is 26.7. The molecule has 1 atom stereocenters. The van der Waals surface area contributed by atoms with E-state index in [0.717, 1.165) is 38.5 Å². The molecule has 0 fully saturated rings. The fourth-order valence-electron chi connectivity index (χ4n) is 8.26. The Bertz CT molecular complexity index is 856. The van der Waals surface area contributed by atoms with Crippen LogP contribution in [0.25, 0.3) is 0 Å². The Morgan fingerprint density at radius 1 is 0.373 bits per heavy atom. The highest BCUT2D eigenvalue weighted by molar-refractivity contribution is 5.70. The van der Waals surface area contributed by atoms with E-state index in [0.29, 0.717) is 12.8 Å². The van der Waals surface area contributed by atoms with Crippen molar-refractivity contribution in [2.75, 3.05) is 13.2 Å². The molecule has 0 heterocycles. The van der Waals surface area contributed by atoms with Crippen molar-refractivity contribution in [3.63, 3.8) is 0 Å². The SMILES string of the molecule is CCCCCCCCCC/C=C\CCCCCCCCCCCCCCCCCCCCCCCCCC(=O)OC(CO)COC(=O)CCCCCCCCCCCC. The summed E-state index contributed by atoms with van der Waals surface area (Å²) < 4.78 is 10.6. The minimum atomic E-state index is -0.763. The first-order valence-corrected chi connectivity index (χ1v) is 26.7. The third-order valence-electron chi connectivity index (χ3n) is 12.3. The molecule has 0 bridgehead atoms. The average molecular weight is 833 g/mol. The molecular formula is C54H104O5. The topological polar surface area (TPSA) is 72.8 Å². The van der Waals surface area contributed by atoms with Crippen molar-refractivity contribution in [3.05, 3.63) is 12.2 Å². The van der Waals surface area contributed by atoms with E-state index in [9.17, 15) is 14.7 Å². The zero-order valence-electron chi connectivity index (χ0n) is 40.0. The van der Waals surface area contributed by atoms with Crippen molar-refractivity contribution in [2.24, 2.45) is 0 Å². The summed E-state index contributed by atoms with van der Waals surface area (Å²) in [5, 5.41) is 9.58. The number of hydrogen-bond donors (Lipinski definition) is 1. The molecule has 0 aromatic rings. The highest BCUT2D eigenvalue weighted by Crippen LogP contribution is 2.17. The standard InChI is InChI=1S/C54H104O5/c1-3-5-7-9-11-13-15-16-17-18-19-20-21-22-23-24-25-26-27-28-29-30-31-32-33-34-35-36-37-38-39-41-43-45-47-49-54(57)59-52(50-55)51-58-53(56)48-46-44-42-40-14-12-10-8-6-4-2/h18-19,52,55H,3-17,20-51H2,1-2H3/b19-18-. The van der Waals surface area contributed by atoms with Crippen LogP contribution in [0, 0.1) is 0 Å². The summed E-state index contributed by atoms with van der Waals surface area (Å²) in [6, 6.07) is 0. The molecule has 0 saturated carbocycles. The average Bonchev–Trinajstić information content (AvgIpc) is 3.24. The molecule has 0 rings (SSSR count). The summed E-state index contributed by atoms with van der Waals surface area (Å²) in [5.74, 6) is -0.575. The zero-order chi connectivity index (χ0) is 42.8. The van der Waals surface area contributed by atoms with E-state index in [1.54, 1.807) is 0 Å². The number of carbonyl (C=O) groups is 2. The summed E-state index contributed by atoms with van der Waals surface area (Å²) in [6.45, 7) is 4.16. The first kappa shape index (κ1) is 57.6. The minimum absolute atomic E-state index is 0.0581. The number of unbranched alkanes of at least 4 members (excludes halogenated alkanes) is 40. The Morgan fingerprint density at radius 2 is 0.627 bits per heavy atom. The van der Waals surface area contributed by atoms with Crippen molar-refractivity contribution >= 4 is 11.9 Å².